The Labute approximate surface area is 122 Å². The highest BCUT2D eigenvalue weighted by Gasteiger charge is 2.45. The molecule has 1 aromatic rings. The van der Waals surface area contributed by atoms with Crippen LogP contribution in [-0.4, -0.2) is 12.2 Å². The van der Waals surface area contributed by atoms with Crippen LogP contribution in [0.1, 0.15) is 6.42 Å². The zero-order chi connectivity index (χ0) is 14.2. The van der Waals surface area contributed by atoms with Crippen LogP contribution in [0.2, 0.25) is 0 Å². The van der Waals surface area contributed by atoms with Crippen molar-refractivity contribution < 1.29 is 23.0 Å². The maximum absolute atomic E-state index is 13.0. The van der Waals surface area contributed by atoms with Crippen molar-refractivity contribution in [2.75, 3.05) is 5.32 Å². The first kappa shape index (κ1) is 14.0. The molecular weight excluding hydrogens is 394 g/mol. The number of carbonyl (C=O) groups is 1. The minimum absolute atomic E-state index is 0.0975. The van der Waals surface area contributed by atoms with Gasteiger partial charge in [0, 0.05) is 10.5 Å². The first-order valence-corrected chi connectivity index (χ1v) is 6.37. The molecule has 1 aromatic carbocycles. The Kier molecular flexibility index (Phi) is 3.64. The lowest BCUT2D eigenvalue weighted by molar-refractivity contribution is -0.286. The second-order valence-electron chi connectivity index (χ2n) is 3.43. The van der Waals surface area contributed by atoms with E-state index in [0.29, 0.717) is 4.47 Å². The molecule has 0 aliphatic carbocycles. The Bertz CT molecular complexity index is 601. The molecule has 0 atom stereocenters. The molecule has 5 nitrogen and oxygen atoms in total. The zero-order valence-electron chi connectivity index (χ0n) is 8.97. The Balaban J connectivity index is 2.38. The van der Waals surface area contributed by atoms with Crippen molar-refractivity contribution in [3.63, 3.8) is 0 Å². The highest BCUT2D eigenvalue weighted by Crippen LogP contribution is 2.51. The highest BCUT2D eigenvalue weighted by molar-refractivity contribution is 9.11. The van der Waals surface area contributed by atoms with Gasteiger partial charge in [0.15, 0.2) is 11.5 Å². The van der Waals surface area contributed by atoms with Crippen LogP contribution in [0.5, 0.6) is 11.5 Å². The van der Waals surface area contributed by atoms with Crippen molar-refractivity contribution >= 4 is 43.5 Å². The monoisotopic (exact) mass is 396 g/mol. The van der Waals surface area contributed by atoms with Crippen molar-refractivity contribution in [3.05, 3.63) is 15.0 Å². The summed E-state index contributed by atoms with van der Waals surface area (Å²) in [4.78, 5) is 11.3. The molecule has 100 valence electrons. The van der Waals surface area contributed by atoms with Crippen LogP contribution in [0.15, 0.2) is 15.0 Å². The number of nitrogens with one attached hydrogen (secondary N) is 1. The van der Waals surface area contributed by atoms with Crippen LogP contribution in [0.3, 0.4) is 0 Å². The molecule has 0 fully saturated rings. The molecule has 1 aliphatic rings. The summed E-state index contributed by atoms with van der Waals surface area (Å²) in [6, 6.07) is 2.91. The van der Waals surface area contributed by atoms with Crippen molar-refractivity contribution in [1.29, 1.82) is 5.26 Å². The predicted molar refractivity (Wildman–Crippen MR) is 66.9 cm³/mol. The van der Waals surface area contributed by atoms with E-state index in [0.717, 1.165) is 0 Å². The van der Waals surface area contributed by atoms with E-state index >= 15 is 0 Å². The molecule has 0 unspecified atom stereocenters. The smallest absolute Gasteiger partial charge is 0.395 e. The third kappa shape index (κ3) is 2.79. The lowest BCUT2D eigenvalue weighted by atomic mass is 10.2. The first-order chi connectivity index (χ1) is 8.84. The summed E-state index contributed by atoms with van der Waals surface area (Å²) in [6.45, 7) is 0. The van der Waals surface area contributed by atoms with Crippen molar-refractivity contribution in [1.82, 2.24) is 0 Å². The number of nitrogens with zero attached hydrogens (tertiary/aromatic N) is 1. The number of hydrogen-bond acceptors (Lipinski definition) is 4. The Hall–Kier alpha value is -1.40. The Morgan fingerprint density at radius 1 is 1.47 bits per heavy atom. The van der Waals surface area contributed by atoms with Gasteiger partial charge in [0.1, 0.15) is 6.42 Å². The molecule has 1 heterocycles. The predicted octanol–water partition coefficient (Wildman–Crippen LogP) is 3.39. The molecule has 0 spiro atoms. The Morgan fingerprint density at radius 2 is 2.16 bits per heavy atom. The van der Waals surface area contributed by atoms with Gasteiger partial charge in [0.05, 0.1) is 16.2 Å². The minimum Gasteiger partial charge on any atom is -0.395 e. The topological polar surface area (TPSA) is 71.4 Å². The quantitative estimate of drug-likeness (QED) is 0.830. The maximum atomic E-state index is 13.0. The van der Waals surface area contributed by atoms with Gasteiger partial charge in [-0.2, -0.15) is 5.26 Å². The molecule has 1 N–H and O–H groups in total. The number of nitriles is 1. The van der Waals surface area contributed by atoms with E-state index in [1.165, 1.54) is 6.07 Å². The number of benzene rings is 1. The van der Waals surface area contributed by atoms with Crippen LogP contribution >= 0.6 is 31.9 Å². The summed E-state index contributed by atoms with van der Waals surface area (Å²) in [5.41, 5.74) is 0.181. The van der Waals surface area contributed by atoms with Crippen LogP contribution in [0, 0.1) is 11.3 Å². The number of carbonyl (C=O) groups excluding carboxylic acids is 1. The standard InChI is InChI=1S/C10H4Br2F2N2O3/c11-4-3-5-9(19-10(13,14)18-5)7(12)8(4)16-6(17)1-2-15/h3H,1H2,(H,16,17). The molecule has 1 aliphatic heterocycles. The molecular formula is C10H4Br2F2N2O3. The number of ether oxygens (including phenoxy) is 2. The van der Waals surface area contributed by atoms with E-state index in [1.807, 2.05) is 0 Å². The summed E-state index contributed by atoms with van der Waals surface area (Å²) < 4.78 is 34.9. The second kappa shape index (κ2) is 4.94. The number of halogens is 4. The molecule has 2 rings (SSSR count). The average Bonchev–Trinajstić information content (AvgIpc) is 2.60. The van der Waals surface area contributed by atoms with E-state index in [1.54, 1.807) is 6.07 Å². The van der Waals surface area contributed by atoms with Gasteiger partial charge in [-0.3, -0.25) is 4.79 Å². The normalized spacial score (nSPS) is 14.9. The summed E-state index contributed by atoms with van der Waals surface area (Å²) in [7, 11) is 0. The fourth-order valence-corrected chi connectivity index (χ4v) is 2.75. The van der Waals surface area contributed by atoms with Gasteiger partial charge in [-0.15, -0.1) is 8.78 Å². The van der Waals surface area contributed by atoms with Gasteiger partial charge in [0.25, 0.3) is 0 Å². The molecule has 19 heavy (non-hydrogen) atoms. The summed E-state index contributed by atoms with van der Waals surface area (Å²) in [5.74, 6) is -0.961. The van der Waals surface area contributed by atoms with E-state index in [9.17, 15) is 13.6 Å². The highest BCUT2D eigenvalue weighted by atomic mass is 79.9. The molecule has 1 amide bonds. The van der Waals surface area contributed by atoms with Gasteiger partial charge in [-0.1, -0.05) is 0 Å². The van der Waals surface area contributed by atoms with Gasteiger partial charge in [-0.25, -0.2) is 0 Å². The molecule has 0 saturated carbocycles. The van der Waals surface area contributed by atoms with Gasteiger partial charge in [-0.05, 0) is 31.9 Å². The molecule has 0 saturated heterocycles. The largest absolute Gasteiger partial charge is 0.586 e. The summed E-state index contributed by atoms with van der Waals surface area (Å²) in [5, 5.41) is 10.8. The fourth-order valence-electron chi connectivity index (χ4n) is 1.39. The molecule has 0 radical (unpaired) electrons. The van der Waals surface area contributed by atoms with Gasteiger partial charge in [0.2, 0.25) is 5.91 Å². The number of hydrogen-bond donors (Lipinski definition) is 1. The minimum atomic E-state index is -3.75. The van der Waals surface area contributed by atoms with E-state index in [-0.39, 0.29) is 28.1 Å². The second-order valence-corrected chi connectivity index (χ2v) is 5.07. The SMILES string of the molecule is N#CCC(=O)Nc1c(Br)cc2c(c1Br)OC(F)(F)O2. The third-order valence-electron chi connectivity index (χ3n) is 2.09. The Morgan fingerprint density at radius 3 is 2.79 bits per heavy atom. The van der Waals surface area contributed by atoms with Crippen molar-refractivity contribution in [2.24, 2.45) is 0 Å². The third-order valence-corrected chi connectivity index (χ3v) is 3.48. The van der Waals surface area contributed by atoms with Crippen molar-refractivity contribution in [3.8, 4) is 17.6 Å². The maximum Gasteiger partial charge on any atom is 0.586 e. The van der Waals surface area contributed by atoms with Gasteiger partial charge < -0.3 is 14.8 Å². The fraction of sp³-hybridized carbons (Fsp3) is 0.200. The van der Waals surface area contributed by atoms with E-state index in [4.69, 9.17) is 5.26 Å². The molecule has 9 heteroatoms. The number of alkyl halides is 2. The summed E-state index contributed by atoms with van der Waals surface area (Å²) in [6.07, 6.45) is -4.11. The molecule has 0 bridgehead atoms. The first-order valence-electron chi connectivity index (χ1n) is 4.78. The number of amides is 1. The van der Waals surface area contributed by atoms with E-state index in [2.05, 4.69) is 46.7 Å². The van der Waals surface area contributed by atoms with Crippen molar-refractivity contribution in [2.45, 2.75) is 12.7 Å². The zero-order valence-corrected chi connectivity index (χ0v) is 12.1. The van der Waals surface area contributed by atoms with Gasteiger partial charge >= 0.3 is 6.29 Å². The van der Waals surface area contributed by atoms with Crippen LogP contribution < -0.4 is 14.8 Å². The lowest BCUT2D eigenvalue weighted by Gasteiger charge is -2.10. The van der Waals surface area contributed by atoms with Crippen LogP contribution in [0.25, 0.3) is 0 Å². The number of rotatable bonds is 2. The van der Waals surface area contributed by atoms with Crippen LogP contribution in [-0.2, 0) is 4.79 Å². The molecule has 0 aromatic heterocycles. The summed E-state index contributed by atoms with van der Waals surface area (Å²) >= 11 is 6.16. The number of fused-ring (bicyclic) bond motifs is 1. The lowest BCUT2D eigenvalue weighted by Crippen LogP contribution is -2.26. The van der Waals surface area contributed by atoms with Crippen LogP contribution in [0.4, 0.5) is 14.5 Å². The average molecular weight is 398 g/mol. The number of anilines is 1. The van der Waals surface area contributed by atoms with E-state index < -0.39 is 12.2 Å².